The van der Waals surface area contributed by atoms with Crippen LogP contribution >= 0.6 is 27.9 Å². The molecule has 0 aliphatic heterocycles. The van der Waals surface area contributed by atoms with Gasteiger partial charge in [-0.2, -0.15) is 0 Å². The monoisotopic (exact) mass is 338 g/mol. The van der Waals surface area contributed by atoms with Crippen molar-refractivity contribution in [2.24, 2.45) is 0 Å². The number of rotatable bonds is 3. The van der Waals surface area contributed by atoms with Crippen LogP contribution in [0.1, 0.15) is 5.56 Å². The Morgan fingerprint density at radius 1 is 1.00 bits per heavy atom. The Morgan fingerprint density at radius 3 is 1.94 bits per heavy atom. The third-order valence-electron chi connectivity index (χ3n) is 2.30. The zero-order valence-corrected chi connectivity index (χ0v) is 13.7. The van der Waals surface area contributed by atoms with Crippen molar-refractivity contribution in [3.63, 3.8) is 0 Å². The van der Waals surface area contributed by atoms with Crippen LogP contribution in [-0.4, -0.2) is 7.11 Å². The van der Waals surface area contributed by atoms with Gasteiger partial charge in [0.1, 0.15) is 5.75 Å². The number of ether oxygens (including phenoxy) is 1. The van der Waals surface area contributed by atoms with Gasteiger partial charge in [0.2, 0.25) is 0 Å². The Labute approximate surface area is 127 Å². The molecule has 0 N–H and O–H groups in total. The number of methoxy groups -OCH3 is 1. The van der Waals surface area contributed by atoms with Crippen molar-refractivity contribution in [3.05, 3.63) is 61.4 Å². The van der Waals surface area contributed by atoms with E-state index < -0.39 is 14.7 Å². The van der Waals surface area contributed by atoms with E-state index in [-0.39, 0.29) is 0 Å². The minimum absolute atomic E-state index is 0.913. The van der Waals surface area contributed by atoms with Crippen molar-refractivity contribution in [3.8, 4) is 5.75 Å². The van der Waals surface area contributed by atoms with Crippen molar-refractivity contribution in [1.82, 2.24) is 0 Å². The third-order valence-corrected chi connectivity index (χ3v) is 2.30. The van der Waals surface area contributed by atoms with Gasteiger partial charge in [0.05, 0.1) is 7.11 Å². The number of benzene rings is 1. The van der Waals surface area contributed by atoms with Gasteiger partial charge in [0, 0.05) is 0 Å². The molecule has 1 aliphatic carbocycles. The normalized spacial score (nSPS) is 14.9. The van der Waals surface area contributed by atoms with E-state index in [4.69, 9.17) is 32.7 Å². The summed E-state index contributed by atoms with van der Waals surface area (Å²) in [6.45, 7) is 0. The molecule has 5 radical (unpaired) electrons. The number of hydrogen-bond acceptors (Lipinski definition) is 1. The molecule has 2 rings (SSSR count). The molecule has 0 saturated heterocycles. The Morgan fingerprint density at radius 2 is 1.50 bits per heavy atom. The molecule has 0 aromatic heterocycles. The van der Waals surface area contributed by atoms with Crippen LogP contribution in [-0.2, 0) is 21.1 Å². The summed E-state index contributed by atoms with van der Waals surface area (Å²) in [7, 11) is 16.6. The number of hydrogen-bond donors (Lipinski definition) is 0. The second-order valence-corrected chi connectivity index (χ2v) is 11.3. The molecule has 0 atom stereocenters. The fourth-order valence-electron chi connectivity index (χ4n) is 1.51. The Bertz CT molecular complexity index is 321. The van der Waals surface area contributed by atoms with Gasteiger partial charge >= 0.3 is 42.6 Å². The van der Waals surface area contributed by atoms with Crippen LogP contribution < -0.4 is 4.74 Å². The molecule has 95 valence electrons. The summed E-state index contributed by atoms with van der Waals surface area (Å²) in [5, 5.41) is 0. The maximum absolute atomic E-state index is 5.10. The van der Waals surface area contributed by atoms with E-state index in [9.17, 15) is 0 Å². The Balaban J connectivity index is 0.000000357. The maximum atomic E-state index is 5.10. The molecule has 0 unspecified atom stereocenters. The van der Waals surface area contributed by atoms with Crippen LogP contribution in [0.25, 0.3) is 0 Å². The van der Waals surface area contributed by atoms with Crippen LogP contribution in [0.2, 0.25) is 0 Å². The Kier molecular flexibility index (Phi) is 8.79. The van der Waals surface area contributed by atoms with E-state index in [0.717, 1.165) is 12.2 Å². The van der Waals surface area contributed by atoms with Crippen LogP contribution in [0.5, 0.6) is 5.75 Å². The summed E-state index contributed by atoms with van der Waals surface area (Å²) in [5.41, 5.74) is 1.32. The molecule has 1 aromatic rings. The molecule has 5 heteroatoms. The van der Waals surface area contributed by atoms with Gasteiger partial charge in [-0.25, -0.2) is 0 Å². The van der Waals surface area contributed by atoms with Gasteiger partial charge in [-0.05, 0) is 55.7 Å². The minimum atomic E-state index is -1.92. The van der Waals surface area contributed by atoms with Crippen molar-refractivity contribution in [2.75, 3.05) is 7.11 Å². The zero-order chi connectivity index (χ0) is 13.4. The van der Waals surface area contributed by atoms with Gasteiger partial charge < -0.3 is 4.74 Å². The van der Waals surface area contributed by atoms with Crippen molar-refractivity contribution in [2.45, 2.75) is 6.42 Å². The van der Waals surface area contributed by atoms with Crippen molar-refractivity contribution in [1.29, 1.82) is 0 Å². The fraction of sp³-hybridized carbons (Fsp3) is 0.154. The average Bonchev–Trinajstić information content (AvgIpc) is 2.82. The van der Waals surface area contributed by atoms with Gasteiger partial charge in [0.25, 0.3) is 0 Å². The molecule has 0 bridgehead atoms. The molecule has 0 amide bonds. The molecular weight excluding hydrogens is 326 g/mol. The average molecular weight is 339 g/mol. The standard InChI is InChI=1S/C13H13O.3ClH.Ti/c1-14-13-8-6-12(7-9-13)10-11-4-2-3-5-11;;;;/h2-9H,10H2,1H3;3*1H;/q;;;;+4/p-3. The van der Waals surface area contributed by atoms with Crippen molar-refractivity contribution >= 4 is 27.9 Å². The van der Waals surface area contributed by atoms with E-state index >= 15 is 0 Å². The van der Waals surface area contributed by atoms with Crippen LogP contribution in [0, 0.1) is 31.6 Å². The molecule has 0 spiro atoms. The van der Waals surface area contributed by atoms with E-state index in [1.54, 1.807) is 7.11 Å². The van der Waals surface area contributed by atoms with Gasteiger partial charge in [-0.15, -0.1) is 0 Å². The second-order valence-electron chi connectivity index (χ2n) is 3.53. The van der Waals surface area contributed by atoms with Gasteiger partial charge in [0.15, 0.2) is 0 Å². The summed E-state index contributed by atoms with van der Waals surface area (Å²) in [6, 6.07) is 8.20. The Hall–Kier alpha value is 0.604. The summed E-state index contributed by atoms with van der Waals surface area (Å²) < 4.78 is 5.10. The molecule has 0 heterocycles. The van der Waals surface area contributed by atoms with Crippen molar-refractivity contribution < 1.29 is 19.4 Å². The predicted molar refractivity (Wildman–Crippen MR) is 74.7 cm³/mol. The van der Waals surface area contributed by atoms with Crippen LogP contribution in [0.15, 0.2) is 24.3 Å². The third kappa shape index (κ3) is 7.26. The van der Waals surface area contributed by atoms with E-state index in [1.807, 2.05) is 12.1 Å². The molecule has 1 aliphatic rings. The first-order valence-electron chi connectivity index (χ1n) is 5.29. The van der Waals surface area contributed by atoms with Crippen LogP contribution in [0.4, 0.5) is 0 Å². The first kappa shape index (κ1) is 16.7. The molecular formula is C13H13Cl3OTi+. The predicted octanol–water partition coefficient (Wildman–Crippen LogP) is 4.71. The quantitative estimate of drug-likeness (QED) is 0.725. The molecule has 1 fully saturated rings. The summed E-state index contributed by atoms with van der Waals surface area (Å²) in [6.07, 6.45) is 9.42. The van der Waals surface area contributed by atoms with E-state index in [1.165, 1.54) is 11.5 Å². The SMILES string of the molecule is COc1ccc(C[C]2[CH][CH][CH][CH]2)cc1.[Cl][Ti+]([Cl])[Cl]. The molecule has 1 nitrogen and oxygen atoms in total. The summed E-state index contributed by atoms with van der Waals surface area (Å²) >= 11 is -1.92. The number of halogens is 3. The molecule has 1 aromatic carbocycles. The first-order chi connectivity index (χ1) is 8.61. The summed E-state index contributed by atoms with van der Waals surface area (Å²) in [4.78, 5) is 0. The first-order valence-corrected chi connectivity index (χ1v) is 11.7. The van der Waals surface area contributed by atoms with Gasteiger partial charge in [-0.3, -0.25) is 0 Å². The van der Waals surface area contributed by atoms with E-state index in [0.29, 0.717) is 0 Å². The molecule has 18 heavy (non-hydrogen) atoms. The second kappa shape index (κ2) is 9.50. The zero-order valence-electron chi connectivity index (χ0n) is 9.87. The fourth-order valence-corrected chi connectivity index (χ4v) is 1.51. The van der Waals surface area contributed by atoms with E-state index in [2.05, 4.69) is 37.8 Å². The molecule has 1 saturated carbocycles. The van der Waals surface area contributed by atoms with Crippen LogP contribution in [0.3, 0.4) is 0 Å². The summed E-state index contributed by atoms with van der Waals surface area (Å²) in [5.74, 6) is 2.27. The topological polar surface area (TPSA) is 9.23 Å². The van der Waals surface area contributed by atoms with Gasteiger partial charge in [-0.1, -0.05) is 12.1 Å².